The van der Waals surface area contributed by atoms with Gasteiger partial charge in [0, 0.05) is 0 Å². The fraction of sp³-hybridized carbons (Fsp3) is 0.304. The number of methoxy groups -OCH3 is 1. The Morgan fingerprint density at radius 2 is 1.67 bits per heavy atom. The number of hydrogen-bond donors (Lipinski definition) is 2. The molecule has 1 aliphatic rings. The molecule has 2 N–H and O–H groups in total. The van der Waals surface area contributed by atoms with Crippen LogP contribution >= 0.6 is 12.2 Å². The maximum Gasteiger partial charge on any atom is 0.273 e. The number of nitrogens with one attached hydrogen (secondary N) is 2. The van der Waals surface area contributed by atoms with Crippen LogP contribution < -0.4 is 24.8 Å². The minimum atomic E-state index is -0.257. The molecule has 0 spiro atoms. The molecule has 158 valence electrons. The minimum absolute atomic E-state index is 0.115. The summed E-state index contributed by atoms with van der Waals surface area (Å²) in [7, 11) is 1.57. The van der Waals surface area contributed by atoms with Gasteiger partial charge in [0.1, 0.15) is 24.7 Å². The normalized spacial score (nSPS) is 15.0. The van der Waals surface area contributed by atoms with E-state index in [0.717, 1.165) is 11.3 Å². The van der Waals surface area contributed by atoms with Crippen LogP contribution in [0.15, 0.2) is 48.2 Å². The first-order chi connectivity index (χ1) is 14.3. The molecule has 0 bridgehead atoms. The van der Waals surface area contributed by atoms with E-state index in [9.17, 15) is 4.79 Å². The van der Waals surface area contributed by atoms with Gasteiger partial charge in [0.05, 0.1) is 7.11 Å². The van der Waals surface area contributed by atoms with E-state index < -0.39 is 0 Å². The molecule has 0 aromatic heterocycles. The van der Waals surface area contributed by atoms with Crippen LogP contribution in [0.3, 0.4) is 0 Å². The van der Waals surface area contributed by atoms with Crippen molar-refractivity contribution in [3.63, 3.8) is 0 Å². The summed E-state index contributed by atoms with van der Waals surface area (Å²) in [5.74, 6) is 1.72. The average molecular weight is 427 g/mol. The predicted molar refractivity (Wildman–Crippen MR) is 121 cm³/mol. The van der Waals surface area contributed by atoms with Crippen LogP contribution in [0.1, 0.15) is 31.9 Å². The molecule has 2 aromatic rings. The van der Waals surface area contributed by atoms with E-state index in [0.29, 0.717) is 35.5 Å². The molecule has 0 aliphatic carbocycles. The van der Waals surface area contributed by atoms with Crippen LogP contribution in [0.25, 0.3) is 6.08 Å². The number of carbonyl (C=O) groups excluding carboxylic acids is 1. The zero-order valence-electron chi connectivity index (χ0n) is 17.6. The van der Waals surface area contributed by atoms with Crippen molar-refractivity contribution < 1.29 is 19.0 Å². The lowest BCUT2D eigenvalue weighted by Gasteiger charge is -2.19. The Bertz CT molecular complexity index is 962. The molecule has 3 rings (SSSR count). The highest BCUT2D eigenvalue weighted by molar-refractivity contribution is 7.80. The minimum Gasteiger partial charge on any atom is -0.493 e. The van der Waals surface area contributed by atoms with Crippen LogP contribution in [0, 0.1) is 0 Å². The van der Waals surface area contributed by atoms with E-state index >= 15 is 0 Å². The second-order valence-electron chi connectivity index (χ2n) is 7.85. The first-order valence-electron chi connectivity index (χ1n) is 9.64. The molecule has 1 amide bonds. The van der Waals surface area contributed by atoms with Crippen LogP contribution in [-0.4, -0.2) is 31.3 Å². The third kappa shape index (κ3) is 5.51. The number of carbonyl (C=O) groups is 1. The van der Waals surface area contributed by atoms with Crippen molar-refractivity contribution in [3.8, 4) is 17.2 Å². The molecule has 0 atom stereocenters. The zero-order chi connectivity index (χ0) is 21.7. The number of rotatable bonds is 7. The first kappa shape index (κ1) is 21.6. The second kappa shape index (κ2) is 9.17. The first-order valence-corrected chi connectivity index (χ1v) is 10.1. The molecule has 0 saturated carbocycles. The largest absolute Gasteiger partial charge is 0.493 e. The molecule has 2 aromatic carbocycles. The maximum absolute atomic E-state index is 11.8. The summed E-state index contributed by atoms with van der Waals surface area (Å²) in [5.41, 5.74) is 2.56. The Kier molecular flexibility index (Phi) is 6.62. The number of thiocarbonyl (C=S) groups is 1. The summed E-state index contributed by atoms with van der Waals surface area (Å²) in [4.78, 5) is 11.8. The Labute approximate surface area is 182 Å². The lowest BCUT2D eigenvalue weighted by Crippen LogP contribution is -2.21. The highest BCUT2D eigenvalue weighted by Crippen LogP contribution is 2.29. The van der Waals surface area contributed by atoms with E-state index in [4.69, 9.17) is 26.4 Å². The summed E-state index contributed by atoms with van der Waals surface area (Å²) in [5, 5.41) is 5.64. The van der Waals surface area contributed by atoms with E-state index in [1.807, 2.05) is 18.2 Å². The monoisotopic (exact) mass is 426 g/mol. The van der Waals surface area contributed by atoms with E-state index in [-0.39, 0.29) is 11.3 Å². The van der Waals surface area contributed by atoms with Crippen molar-refractivity contribution in [2.75, 3.05) is 20.3 Å². The van der Waals surface area contributed by atoms with Gasteiger partial charge in [-0.3, -0.25) is 10.1 Å². The smallest absolute Gasteiger partial charge is 0.273 e. The van der Waals surface area contributed by atoms with Gasteiger partial charge in [0.2, 0.25) is 0 Å². The molecule has 1 saturated heterocycles. The molecule has 1 heterocycles. The fourth-order valence-electron chi connectivity index (χ4n) is 2.90. The molecule has 7 heteroatoms. The van der Waals surface area contributed by atoms with Crippen molar-refractivity contribution in [2.45, 2.75) is 26.2 Å². The van der Waals surface area contributed by atoms with Gasteiger partial charge in [-0.05, 0) is 59.1 Å². The molecule has 0 radical (unpaired) electrons. The molecule has 1 aliphatic heterocycles. The standard InChI is InChI=1S/C23H26N2O4S/c1-23(2,3)16-6-8-17(9-7-16)28-11-12-29-19-10-5-15(14-20(19)27-4)13-18-21(26)25-22(30)24-18/h5-10,13-14H,11-12H2,1-4H3,(H2,24,25,26,30)/b18-13+. The van der Waals surface area contributed by atoms with Crippen molar-refractivity contribution in [2.24, 2.45) is 0 Å². The van der Waals surface area contributed by atoms with Gasteiger partial charge in [0.15, 0.2) is 16.6 Å². The van der Waals surface area contributed by atoms with Crippen molar-refractivity contribution in [3.05, 3.63) is 59.3 Å². The Balaban J connectivity index is 1.56. The Morgan fingerprint density at radius 1 is 0.967 bits per heavy atom. The molecule has 0 unspecified atom stereocenters. The summed E-state index contributed by atoms with van der Waals surface area (Å²) in [6.45, 7) is 7.32. The lowest BCUT2D eigenvalue weighted by molar-refractivity contribution is -0.115. The number of hydrogen-bond acceptors (Lipinski definition) is 5. The van der Waals surface area contributed by atoms with Gasteiger partial charge >= 0.3 is 0 Å². The average Bonchev–Trinajstić information content (AvgIpc) is 3.02. The van der Waals surface area contributed by atoms with Crippen molar-refractivity contribution in [1.82, 2.24) is 10.6 Å². The van der Waals surface area contributed by atoms with Crippen LogP contribution in [0.4, 0.5) is 0 Å². The molecular weight excluding hydrogens is 400 g/mol. The molecule has 1 fully saturated rings. The second-order valence-corrected chi connectivity index (χ2v) is 8.26. The lowest BCUT2D eigenvalue weighted by atomic mass is 9.87. The summed E-state index contributed by atoms with van der Waals surface area (Å²) in [6, 6.07) is 13.6. The fourth-order valence-corrected chi connectivity index (χ4v) is 3.11. The predicted octanol–water partition coefficient (Wildman–Crippen LogP) is 3.80. The SMILES string of the molecule is COc1cc(/C=C2/NC(=S)NC2=O)ccc1OCCOc1ccc(C(C)(C)C)cc1. The number of amides is 1. The number of ether oxygens (including phenoxy) is 3. The zero-order valence-corrected chi connectivity index (χ0v) is 18.4. The van der Waals surface area contributed by atoms with E-state index in [1.165, 1.54) is 5.56 Å². The summed E-state index contributed by atoms with van der Waals surface area (Å²) in [6.07, 6.45) is 1.70. The summed E-state index contributed by atoms with van der Waals surface area (Å²) >= 11 is 4.94. The third-order valence-electron chi connectivity index (χ3n) is 4.55. The van der Waals surface area contributed by atoms with E-state index in [2.05, 4.69) is 43.5 Å². The van der Waals surface area contributed by atoms with Crippen LogP contribution in [-0.2, 0) is 10.2 Å². The van der Waals surface area contributed by atoms with Crippen LogP contribution in [0.5, 0.6) is 17.2 Å². The topological polar surface area (TPSA) is 68.8 Å². The Hall–Kier alpha value is -3.06. The van der Waals surface area contributed by atoms with Gasteiger partial charge in [-0.25, -0.2) is 0 Å². The molecular formula is C23H26N2O4S. The van der Waals surface area contributed by atoms with Gasteiger partial charge < -0.3 is 19.5 Å². The van der Waals surface area contributed by atoms with Crippen molar-refractivity contribution in [1.29, 1.82) is 0 Å². The van der Waals surface area contributed by atoms with Crippen LogP contribution in [0.2, 0.25) is 0 Å². The number of benzene rings is 2. The van der Waals surface area contributed by atoms with Gasteiger partial charge in [-0.2, -0.15) is 0 Å². The maximum atomic E-state index is 11.8. The van der Waals surface area contributed by atoms with Gasteiger partial charge in [0.25, 0.3) is 5.91 Å². The van der Waals surface area contributed by atoms with Crippen molar-refractivity contribution >= 4 is 29.3 Å². The van der Waals surface area contributed by atoms with E-state index in [1.54, 1.807) is 25.3 Å². The van der Waals surface area contributed by atoms with Gasteiger partial charge in [-0.1, -0.05) is 39.0 Å². The Morgan fingerprint density at radius 3 is 2.27 bits per heavy atom. The molecule has 30 heavy (non-hydrogen) atoms. The third-order valence-corrected chi connectivity index (χ3v) is 4.75. The van der Waals surface area contributed by atoms with Gasteiger partial charge in [-0.15, -0.1) is 0 Å². The highest BCUT2D eigenvalue weighted by atomic mass is 32.1. The summed E-state index contributed by atoms with van der Waals surface area (Å²) < 4.78 is 17.0. The highest BCUT2D eigenvalue weighted by Gasteiger charge is 2.20. The quantitative estimate of drug-likeness (QED) is 0.399. The molecule has 6 nitrogen and oxygen atoms in total.